The van der Waals surface area contributed by atoms with E-state index < -0.39 is 5.92 Å². The molecule has 1 saturated heterocycles. The molecule has 1 aromatic heterocycles. The molecule has 0 aromatic carbocycles. The predicted molar refractivity (Wildman–Crippen MR) is 61.1 cm³/mol. The number of halogens is 2. The van der Waals surface area contributed by atoms with Crippen molar-refractivity contribution >= 4 is 5.82 Å². The second-order valence-electron chi connectivity index (χ2n) is 4.15. The number of hydrogen-bond donors (Lipinski definition) is 0. The smallest absolute Gasteiger partial charge is 0.251 e. The number of rotatable bonds is 1. The Hall–Kier alpha value is -1.70. The van der Waals surface area contributed by atoms with Crippen LogP contribution < -0.4 is 4.90 Å². The Kier molecular flexibility index (Phi) is 2.97. The highest BCUT2D eigenvalue weighted by Gasteiger charge is 2.34. The Balaban J connectivity index is 2.21. The molecule has 0 spiro atoms. The molecule has 1 aliphatic heterocycles. The maximum absolute atomic E-state index is 13.0. The predicted octanol–water partition coefficient (Wildman–Crippen LogP) is 2.00. The van der Waals surface area contributed by atoms with Crippen LogP contribution in [-0.2, 0) is 0 Å². The Bertz CT molecular complexity index is 455. The van der Waals surface area contributed by atoms with E-state index in [0.717, 1.165) is 0 Å². The van der Waals surface area contributed by atoms with Gasteiger partial charge in [-0.25, -0.2) is 13.8 Å². The molecule has 0 aliphatic carbocycles. The maximum atomic E-state index is 13.0. The molecule has 2 heterocycles. The third-order valence-electron chi connectivity index (χ3n) is 2.87. The lowest BCUT2D eigenvalue weighted by molar-refractivity contribution is -0.0221. The van der Waals surface area contributed by atoms with Crippen molar-refractivity contribution in [2.24, 2.45) is 0 Å². The third kappa shape index (κ3) is 2.52. The molecule has 90 valence electrons. The molecule has 0 N–H and O–H groups in total. The summed E-state index contributed by atoms with van der Waals surface area (Å²) in [6, 6.07) is 0. The Morgan fingerprint density at radius 1 is 1.41 bits per heavy atom. The molecule has 0 atom stereocenters. The summed E-state index contributed by atoms with van der Waals surface area (Å²) < 4.78 is 26.1. The van der Waals surface area contributed by atoms with Gasteiger partial charge in [0.15, 0.2) is 5.82 Å². The molecule has 1 aliphatic rings. The van der Waals surface area contributed by atoms with Crippen molar-refractivity contribution in [2.75, 3.05) is 18.0 Å². The van der Waals surface area contributed by atoms with Crippen LogP contribution >= 0.6 is 0 Å². The molecule has 0 radical (unpaired) electrons. The molecule has 0 saturated carbocycles. The quantitative estimate of drug-likeness (QED) is 0.699. The van der Waals surface area contributed by atoms with E-state index in [0.29, 0.717) is 17.2 Å². The minimum atomic E-state index is -2.55. The summed E-state index contributed by atoms with van der Waals surface area (Å²) in [5, 5.41) is 0. The summed E-state index contributed by atoms with van der Waals surface area (Å²) in [6.07, 6.45) is 6.47. The summed E-state index contributed by atoms with van der Waals surface area (Å²) in [7, 11) is 0. The SMILES string of the molecule is C#Cc1cnc(C)c(N2CCC(F)(F)CC2)n1. The van der Waals surface area contributed by atoms with Crippen LogP contribution in [0.5, 0.6) is 0 Å². The summed E-state index contributed by atoms with van der Waals surface area (Å²) >= 11 is 0. The van der Waals surface area contributed by atoms with Gasteiger partial charge in [0.05, 0.1) is 11.9 Å². The summed E-state index contributed by atoms with van der Waals surface area (Å²) in [5.41, 5.74) is 1.15. The van der Waals surface area contributed by atoms with Gasteiger partial charge in [-0.15, -0.1) is 6.42 Å². The van der Waals surface area contributed by atoms with E-state index in [9.17, 15) is 8.78 Å². The van der Waals surface area contributed by atoms with Crippen LogP contribution in [-0.4, -0.2) is 29.0 Å². The molecule has 1 fully saturated rings. The molecule has 5 heteroatoms. The lowest BCUT2D eigenvalue weighted by atomic mass is 10.1. The number of hydrogen-bond acceptors (Lipinski definition) is 3. The van der Waals surface area contributed by atoms with Gasteiger partial charge in [0.25, 0.3) is 5.92 Å². The molecular weight excluding hydrogens is 224 g/mol. The number of piperidine rings is 1. The highest BCUT2D eigenvalue weighted by atomic mass is 19.3. The number of alkyl halides is 2. The maximum Gasteiger partial charge on any atom is 0.251 e. The van der Waals surface area contributed by atoms with Crippen molar-refractivity contribution in [3.05, 3.63) is 17.6 Å². The fourth-order valence-corrected chi connectivity index (χ4v) is 1.85. The molecule has 1 aromatic rings. The van der Waals surface area contributed by atoms with Gasteiger partial charge in [-0.3, -0.25) is 4.98 Å². The van der Waals surface area contributed by atoms with Crippen molar-refractivity contribution in [1.82, 2.24) is 9.97 Å². The van der Waals surface area contributed by atoms with Crippen molar-refractivity contribution in [3.8, 4) is 12.3 Å². The number of anilines is 1. The largest absolute Gasteiger partial charge is 0.355 e. The molecule has 0 bridgehead atoms. The number of nitrogens with zero attached hydrogens (tertiary/aromatic N) is 3. The van der Waals surface area contributed by atoms with Crippen LogP contribution in [0.2, 0.25) is 0 Å². The highest BCUT2D eigenvalue weighted by molar-refractivity contribution is 5.45. The molecule has 17 heavy (non-hydrogen) atoms. The van der Waals surface area contributed by atoms with E-state index in [1.165, 1.54) is 6.20 Å². The van der Waals surface area contributed by atoms with Gasteiger partial charge in [0.1, 0.15) is 5.69 Å². The second-order valence-corrected chi connectivity index (χ2v) is 4.15. The Morgan fingerprint density at radius 3 is 2.65 bits per heavy atom. The van der Waals surface area contributed by atoms with E-state index in [-0.39, 0.29) is 25.9 Å². The first kappa shape index (κ1) is 11.8. The van der Waals surface area contributed by atoms with Crippen molar-refractivity contribution in [2.45, 2.75) is 25.7 Å². The number of aromatic nitrogens is 2. The third-order valence-corrected chi connectivity index (χ3v) is 2.87. The average molecular weight is 237 g/mol. The van der Waals surface area contributed by atoms with Gasteiger partial charge in [0.2, 0.25) is 0 Å². The van der Waals surface area contributed by atoms with Gasteiger partial charge in [-0.2, -0.15) is 0 Å². The van der Waals surface area contributed by atoms with Crippen molar-refractivity contribution in [3.63, 3.8) is 0 Å². The van der Waals surface area contributed by atoms with Crippen LogP contribution in [0.1, 0.15) is 24.2 Å². The minimum Gasteiger partial charge on any atom is -0.355 e. The molecule has 0 amide bonds. The first-order valence-electron chi connectivity index (χ1n) is 5.45. The monoisotopic (exact) mass is 237 g/mol. The van der Waals surface area contributed by atoms with Crippen LogP contribution in [0.15, 0.2) is 6.20 Å². The zero-order valence-corrected chi connectivity index (χ0v) is 9.58. The van der Waals surface area contributed by atoms with E-state index in [2.05, 4.69) is 15.9 Å². The van der Waals surface area contributed by atoms with E-state index in [1.54, 1.807) is 6.92 Å². The number of aryl methyl sites for hydroxylation is 1. The summed E-state index contributed by atoms with van der Waals surface area (Å²) in [6.45, 7) is 2.38. The Morgan fingerprint density at radius 2 is 2.06 bits per heavy atom. The lowest BCUT2D eigenvalue weighted by Crippen LogP contribution is -2.40. The lowest BCUT2D eigenvalue weighted by Gasteiger charge is -2.33. The van der Waals surface area contributed by atoms with Crippen molar-refractivity contribution in [1.29, 1.82) is 0 Å². The van der Waals surface area contributed by atoms with E-state index in [1.807, 2.05) is 4.90 Å². The van der Waals surface area contributed by atoms with Crippen LogP contribution in [0.25, 0.3) is 0 Å². The fraction of sp³-hybridized carbons (Fsp3) is 0.500. The number of terminal acetylenes is 1. The standard InChI is InChI=1S/C12H13F2N3/c1-3-10-8-15-9(2)11(16-10)17-6-4-12(13,14)5-7-17/h1,8H,4-7H2,2H3. The van der Waals surface area contributed by atoms with Crippen LogP contribution in [0.3, 0.4) is 0 Å². The van der Waals surface area contributed by atoms with Crippen molar-refractivity contribution < 1.29 is 8.78 Å². The summed E-state index contributed by atoms with van der Waals surface area (Å²) in [4.78, 5) is 10.2. The minimum absolute atomic E-state index is 0.144. The average Bonchev–Trinajstić information content (AvgIpc) is 2.30. The molecule has 3 nitrogen and oxygen atoms in total. The topological polar surface area (TPSA) is 29.0 Å². The van der Waals surface area contributed by atoms with E-state index >= 15 is 0 Å². The van der Waals surface area contributed by atoms with Crippen LogP contribution in [0.4, 0.5) is 14.6 Å². The second kappa shape index (κ2) is 4.28. The first-order chi connectivity index (χ1) is 8.02. The first-order valence-corrected chi connectivity index (χ1v) is 5.45. The molecule has 0 unspecified atom stereocenters. The zero-order valence-electron chi connectivity index (χ0n) is 9.58. The highest BCUT2D eigenvalue weighted by Crippen LogP contribution is 2.30. The van der Waals surface area contributed by atoms with Gasteiger partial charge >= 0.3 is 0 Å². The molecular formula is C12H13F2N3. The van der Waals surface area contributed by atoms with E-state index in [4.69, 9.17) is 6.42 Å². The van der Waals surface area contributed by atoms with Gasteiger partial charge in [0, 0.05) is 25.9 Å². The molecule has 2 rings (SSSR count). The fourth-order valence-electron chi connectivity index (χ4n) is 1.85. The normalized spacial score (nSPS) is 18.8. The summed E-state index contributed by atoms with van der Waals surface area (Å²) in [5.74, 6) is 0.469. The van der Waals surface area contributed by atoms with Crippen LogP contribution in [0, 0.1) is 19.3 Å². The van der Waals surface area contributed by atoms with Gasteiger partial charge < -0.3 is 4.90 Å². The van der Waals surface area contributed by atoms with Gasteiger partial charge in [-0.05, 0) is 12.8 Å². The zero-order chi connectivity index (χ0) is 12.5. The Labute approximate surface area is 98.9 Å². The van der Waals surface area contributed by atoms with Gasteiger partial charge in [-0.1, -0.05) is 0 Å².